The van der Waals surface area contributed by atoms with E-state index in [0.29, 0.717) is 6.04 Å². The molecule has 0 bridgehead atoms. The first-order valence-electron chi connectivity index (χ1n) is 6.78. The minimum absolute atomic E-state index is 0.491. The molecular formula is C15H23ClN2. The molecule has 3 heteroatoms. The summed E-state index contributed by atoms with van der Waals surface area (Å²) in [6, 6.07) is 6.56. The van der Waals surface area contributed by atoms with Crippen molar-refractivity contribution in [1.29, 1.82) is 0 Å². The fourth-order valence-corrected chi connectivity index (χ4v) is 2.92. The third kappa shape index (κ3) is 3.18. The Bertz CT molecular complexity index is 405. The summed E-state index contributed by atoms with van der Waals surface area (Å²) >= 11 is 6.16. The van der Waals surface area contributed by atoms with Gasteiger partial charge >= 0.3 is 0 Å². The highest BCUT2D eigenvalue weighted by Gasteiger charge is 2.22. The normalized spacial score (nSPS) is 22.8. The smallest absolute Gasteiger partial charge is 0.0455 e. The minimum atomic E-state index is 0.491. The van der Waals surface area contributed by atoms with Gasteiger partial charge < -0.3 is 10.2 Å². The van der Waals surface area contributed by atoms with Crippen LogP contribution in [0.25, 0.3) is 0 Å². The lowest BCUT2D eigenvalue weighted by atomic mass is 9.91. The van der Waals surface area contributed by atoms with Crippen LogP contribution in [-0.2, 0) is 0 Å². The number of halogens is 1. The second kappa shape index (κ2) is 5.94. The average Bonchev–Trinajstić information content (AvgIpc) is 2.35. The molecule has 2 nitrogen and oxygen atoms in total. The van der Waals surface area contributed by atoms with Crippen LogP contribution in [0.15, 0.2) is 18.2 Å². The van der Waals surface area contributed by atoms with Gasteiger partial charge in [0.05, 0.1) is 0 Å². The zero-order valence-corrected chi connectivity index (χ0v) is 12.3. The van der Waals surface area contributed by atoms with Gasteiger partial charge in [-0.3, -0.25) is 0 Å². The molecule has 2 rings (SSSR count). The van der Waals surface area contributed by atoms with Crippen LogP contribution in [0.4, 0.5) is 5.69 Å². The molecule has 18 heavy (non-hydrogen) atoms. The standard InChI is InChI=1S/C15H23ClN2/c1-11-14(16)7-4-8-15(11)17-12(2)13-6-5-9-18(3)10-13/h4,7-8,12-13,17H,5-6,9-10H2,1-3H3. The Balaban J connectivity index is 2.02. The molecule has 0 saturated carbocycles. The van der Waals surface area contributed by atoms with Crippen molar-refractivity contribution >= 4 is 17.3 Å². The van der Waals surface area contributed by atoms with Crippen molar-refractivity contribution in [3.63, 3.8) is 0 Å². The van der Waals surface area contributed by atoms with Crippen molar-refractivity contribution in [2.75, 3.05) is 25.5 Å². The molecule has 2 atom stereocenters. The molecule has 1 heterocycles. The lowest BCUT2D eigenvalue weighted by Crippen LogP contribution is -2.39. The number of piperidine rings is 1. The van der Waals surface area contributed by atoms with E-state index in [1.165, 1.54) is 31.6 Å². The van der Waals surface area contributed by atoms with Gasteiger partial charge in [-0.15, -0.1) is 0 Å². The third-order valence-electron chi connectivity index (χ3n) is 4.02. The first-order valence-corrected chi connectivity index (χ1v) is 7.16. The van der Waals surface area contributed by atoms with Crippen LogP contribution in [-0.4, -0.2) is 31.1 Å². The van der Waals surface area contributed by atoms with Crippen LogP contribution in [0.1, 0.15) is 25.3 Å². The first kappa shape index (κ1) is 13.7. The summed E-state index contributed by atoms with van der Waals surface area (Å²) < 4.78 is 0. The van der Waals surface area contributed by atoms with Crippen LogP contribution in [0, 0.1) is 12.8 Å². The maximum Gasteiger partial charge on any atom is 0.0455 e. The second-order valence-corrected chi connectivity index (χ2v) is 5.92. The predicted molar refractivity (Wildman–Crippen MR) is 79.5 cm³/mol. The fraction of sp³-hybridized carbons (Fsp3) is 0.600. The maximum absolute atomic E-state index is 6.16. The Morgan fingerprint density at radius 2 is 2.22 bits per heavy atom. The molecule has 0 radical (unpaired) electrons. The largest absolute Gasteiger partial charge is 0.382 e. The number of anilines is 1. The molecule has 0 aromatic heterocycles. The molecule has 1 aliphatic heterocycles. The molecule has 1 aromatic rings. The van der Waals surface area contributed by atoms with Gasteiger partial charge in [0, 0.05) is 23.3 Å². The zero-order valence-electron chi connectivity index (χ0n) is 11.5. The summed E-state index contributed by atoms with van der Waals surface area (Å²) in [6.07, 6.45) is 2.62. The van der Waals surface area contributed by atoms with Crippen molar-refractivity contribution in [1.82, 2.24) is 4.90 Å². The summed E-state index contributed by atoms with van der Waals surface area (Å²) in [7, 11) is 2.21. The number of likely N-dealkylation sites (tertiary alicyclic amines) is 1. The predicted octanol–water partition coefficient (Wildman–Crippen LogP) is 3.79. The van der Waals surface area contributed by atoms with E-state index in [4.69, 9.17) is 11.6 Å². The Hall–Kier alpha value is -0.730. The third-order valence-corrected chi connectivity index (χ3v) is 4.43. The zero-order chi connectivity index (χ0) is 13.1. The van der Waals surface area contributed by atoms with E-state index in [1.807, 2.05) is 12.1 Å². The Morgan fingerprint density at radius 1 is 1.44 bits per heavy atom. The number of nitrogens with zero attached hydrogens (tertiary/aromatic N) is 1. The summed E-state index contributed by atoms with van der Waals surface area (Å²) in [6.45, 7) is 6.78. The first-order chi connectivity index (χ1) is 8.58. The number of benzene rings is 1. The van der Waals surface area contributed by atoms with E-state index >= 15 is 0 Å². The lowest BCUT2D eigenvalue weighted by Gasteiger charge is -2.34. The van der Waals surface area contributed by atoms with Gasteiger partial charge in [0.15, 0.2) is 0 Å². The number of nitrogens with one attached hydrogen (secondary N) is 1. The SMILES string of the molecule is Cc1c(Cl)cccc1NC(C)C1CCCN(C)C1. The molecule has 1 saturated heterocycles. The van der Waals surface area contributed by atoms with E-state index in [0.717, 1.165) is 16.5 Å². The van der Waals surface area contributed by atoms with Crippen molar-refractivity contribution in [3.05, 3.63) is 28.8 Å². The Kier molecular flexibility index (Phi) is 4.52. The fourth-order valence-electron chi connectivity index (χ4n) is 2.74. The maximum atomic E-state index is 6.16. The van der Waals surface area contributed by atoms with Gasteiger partial charge in [-0.05, 0) is 63.9 Å². The molecule has 0 amide bonds. The summed E-state index contributed by atoms with van der Waals surface area (Å²) in [5.41, 5.74) is 2.32. The number of rotatable bonds is 3. The Morgan fingerprint density at radius 3 is 2.94 bits per heavy atom. The number of hydrogen-bond acceptors (Lipinski definition) is 2. The summed E-state index contributed by atoms with van der Waals surface area (Å²) in [5, 5.41) is 4.47. The Labute approximate surface area is 115 Å². The van der Waals surface area contributed by atoms with Crippen LogP contribution in [0.5, 0.6) is 0 Å². The molecule has 2 unspecified atom stereocenters. The van der Waals surface area contributed by atoms with Gasteiger partial charge in [0.1, 0.15) is 0 Å². The molecular weight excluding hydrogens is 244 g/mol. The van der Waals surface area contributed by atoms with Crippen LogP contribution >= 0.6 is 11.6 Å². The van der Waals surface area contributed by atoms with Crippen LogP contribution in [0.2, 0.25) is 5.02 Å². The highest BCUT2D eigenvalue weighted by Crippen LogP contribution is 2.26. The highest BCUT2D eigenvalue weighted by atomic mass is 35.5. The van der Waals surface area contributed by atoms with Crippen molar-refractivity contribution in [2.24, 2.45) is 5.92 Å². The molecule has 0 aliphatic carbocycles. The molecule has 100 valence electrons. The van der Waals surface area contributed by atoms with E-state index in [2.05, 4.69) is 37.2 Å². The van der Waals surface area contributed by atoms with Crippen LogP contribution in [0.3, 0.4) is 0 Å². The monoisotopic (exact) mass is 266 g/mol. The van der Waals surface area contributed by atoms with E-state index in [1.54, 1.807) is 0 Å². The average molecular weight is 267 g/mol. The molecule has 1 N–H and O–H groups in total. The quantitative estimate of drug-likeness (QED) is 0.896. The van der Waals surface area contributed by atoms with E-state index < -0.39 is 0 Å². The van der Waals surface area contributed by atoms with E-state index in [9.17, 15) is 0 Å². The summed E-state index contributed by atoms with van der Waals surface area (Å²) in [5.74, 6) is 0.724. The second-order valence-electron chi connectivity index (χ2n) is 5.51. The van der Waals surface area contributed by atoms with Crippen LogP contribution < -0.4 is 5.32 Å². The lowest BCUT2D eigenvalue weighted by molar-refractivity contribution is 0.197. The number of hydrogen-bond donors (Lipinski definition) is 1. The van der Waals surface area contributed by atoms with E-state index in [-0.39, 0.29) is 0 Å². The summed E-state index contributed by atoms with van der Waals surface area (Å²) in [4.78, 5) is 2.43. The van der Waals surface area contributed by atoms with Gasteiger partial charge in [-0.25, -0.2) is 0 Å². The van der Waals surface area contributed by atoms with Gasteiger partial charge in [-0.1, -0.05) is 17.7 Å². The van der Waals surface area contributed by atoms with Gasteiger partial charge in [0.25, 0.3) is 0 Å². The van der Waals surface area contributed by atoms with Gasteiger partial charge in [0.2, 0.25) is 0 Å². The van der Waals surface area contributed by atoms with Crippen molar-refractivity contribution in [3.8, 4) is 0 Å². The highest BCUT2D eigenvalue weighted by molar-refractivity contribution is 6.31. The topological polar surface area (TPSA) is 15.3 Å². The minimum Gasteiger partial charge on any atom is -0.382 e. The van der Waals surface area contributed by atoms with Gasteiger partial charge in [-0.2, -0.15) is 0 Å². The van der Waals surface area contributed by atoms with Crippen molar-refractivity contribution in [2.45, 2.75) is 32.7 Å². The molecule has 0 spiro atoms. The molecule has 1 fully saturated rings. The molecule has 1 aliphatic rings. The van der Waals surface area contributed by atoms with Crippen molar-refractivity contribution < 1.29 is 0 Å². The molecule has 1 aromatic carbocycles.